The highest BCUT2D eigenvalue weighted by Gasteiger charge is 2.10. The molecule has 2 aromatic heterocycles. The smallest absolute Gasteiger partial charge is 0.335 e. The number of benzene rings is 2. The number of carboxylic acids is 1. The van der Waals surface area contributed by atoms with Crippen molar-refractivity contribution in [3.63, 3.8) is 0 Å². The molecule has 0 bridgehead atoms. The molecule has 0 aliphatic heterocycles. The van der Waals surface area contributed by atoms with Crippen molar-refractivity contribution in [3.8, 4) is 22.8 Å². The van der Waals surface area contributed by atoms with E-state index in [1.165, 1.54) is 0 Å². The first-order valence-corrected chi connectivity index (χ1v) is 8.95. The summed E-state index contributed by atoms with van der Waals surface area (Å²) in [5, 5.41) is 10.1. The lowest BCUT2D eigenvalue weighted by Gasteiger charge is -2.11. The van der Waals surface area contributed by atoms with Crippen LogP contribution in [0, 0.1) is 0 Å². The first-order valence-electron chi connectivity index (χ1n) is 8.95. The summed E-state index contributed by atoms with van der Waals surface area (Å²) in [6, 6.07) is 14.6. The first kappa shape index (κ1) is 17.7. The number of aromatic carboxylic acids is 1. The fourth-order valence-electron chi connectivity index (χ4n) is 3.05. The summed E-state index contributed by atoms with van der Waals surface area (Å²) in [6.45, 7) is 3.99. The first-order chi connectivity index (χ1) is 13.5. The SMILES string of the molecule is CC(C)Oc1ccc2ccn(-c3cncc(-c4ccc(C(=O)O)cc4)n3)c2c1. The van der Waals surface area contributed by atoms with Crippen LogP contribution in [0.4, 0.5) is 0 Å². The molecule has 1 N–H and O–H groups in total. The summed E-state index contributed by atoms with van der Waals surface area (Å²) in [5.74, 6) is 0.525. The van der Waals surface area contributed by atoms with Gasteiger partial charge in [-0.25, -0.2) is 9.78 Å². The molecule has 0 atom stereocenters. The van der Waals surface area contributed by atoms with E-state index < -0.39 is 5.97 Å². The van der Waals surface area contributed by atoms with Crippen LogP contribution in [0.2, 0.25) is 0 Å². The minimum Gasteiger partial charge on any atom is -0.491 e. The lowest BCUT2D eigenvalue weighted by Crippen LogP contribution is -2.05. The van der Waals surface area contributed by atoms with Gasteiger partial charge in [-0.3, -0.25) is 9.55 Å². The normalized spacial score (nSPS) is 11.1. The molecule has 4 aromatic rings. The monoisotopic (exact) mass is 373 g/mol. The molecule has 0 fully saturated rings. The number of carbonyl (C=O) groups is 1. The molecule has 0 aliphatic rings. The van der Waals surface area contributed by atoms with Gasteiger partial charge in [-0.1, -0.05) is 12.1 Å². The van der Waals surface area contributed by atoms with E-state index in [9.17, 15) is 4.79 Å². The summed E-state index contributed by atoms with van der Waals surface area (Å²) in [5.41, 5.74) is 2.69. The molecule has 2 aromatic carbocycles. The van der Waals surface area contributed by atoms with Crippen LogP contribution in [-0.2, 0) is 0 Å². The zero-order valence-electron chi connectivity index (χ0n) is 15.5. The van der Waals surface area contributed by atoms with Gasteiger partial charge in [0, 0.05) is 23.2 Å². The molecule has 0 saturated heterocycles. The number of nitrogens with zero attached hydrogens (tertiary/aromatic N) is 3. The highest BCUT2D eigenvalue weighted by molar-refractivity contribution is 5.88. The average Bonchev–Trinajstić information content (AvgIpc) is 3.11. The Hall–Kier alpha value is -3.67. The number of aromatic nitrogens is 3. The average molecular weight is 373 g/mol. The van der Waals surface area contributed by atoms with Crippen LogP contribution in [0.5, 0.6) is 5.75 Å². The van der Waals surface area contributed by atoms with E-state index in [4.69, 9.17) is 14.8 Å². The van der Waals surface area contributed by atoms with Crippen LogP contribution >= 0.6 is 0 Å². The molecule has 140 valence electrons. The third-order valence-electron chi connectivity index (χ3n) is 4.33. The summed E-state index contributed by atoms with van der Waals surface area (Å²) in [6.07, 6.45) is 5.41. The number of hydrogen-bond donors (Lipinski definition) is 1. The number of hydrogen-bond acceptors (Lipinski definition) is 4. The van der Waals surface area contributed by atoms with E-state index in [-0.39, 0.29) is 11.7 Å². The van der Waals surface area contributed by atoms with Crippen molar-refractivity contribution in [2.75, 3.05) is 0 Å². The van der Waals surface area contributed by atoms with Gasteiger partial charge in [0.2, 0.25) is 0 Å². The van der Waals surface area contributed by atoms with Crippen molar-refractivity contribution in [1.82, 2.24) is 14.5 Å². The molecule has 0 spiro atoms. The summed E-state index contributed by atoms with van der Waals surface area (Å²) < 4.78 is 7.77. The van der Waals surface area contributed by atoms with Crippen LogP contribution in [0.1, 0.15) is 24.2 Å². The Morgan fingerprint density at radius 1 is 1.07 bits per heavy atom. The van der Waals surface area contributed by atoms with Gasteiger partial charge in [0.25, 0.3) is 0 Å². The van der Waals surface area contributed by atoms with Crippen molar-refractivity contribution < 1.29 is 14.6 Å². The Labute approximate surface area is 162 Å². The van der Waals surface area contributed by atoms with Crippen LogP contribution in [-0.4, -0.2) is 31.7 Å². The van der Waals surface area contributed by atoms with Gasteiger partial charge in [-0.05, 0) is 44.2 Å². The van der Waals surface area contributed by atoms with Crippen molar-refractivity contribution in [1.29, 1.82) is 0 Å². The Morgan fingerprint density at radius 3 is 2.57 bits per heavy atom. The van der Waals surface area contributed by atoms with Gasteiger partial charge in [-0.2, -0.15) is 0 Å². The number of fused-ring (bicyclic) bond motifs is 1. The Kier molecular flexibility index (Phi) is 4.53. The van der Waals surface area contributed by atoms with E-state index in [1.54, 1.807) is 36.7 Å². The molecule has 0 aliphatic carbocycles. The fraction of sp³-hybridized carbons (Fsp3) is 0.136. The fourth-order valence-corrected chi connectivity index (χ4v) is 3.05. The quantitative estimate of drug-likeness (QED) is 0.554. The minimum atomic E-state index is -0.954. The van der Waals surface area contributed by atoms with Gasteiger partial charge in [-0.15, -0.1) is 0 Å². The summed E-state index contributed by atoms with van der Waals surface area (Å²) in [7, 11) is 0. The van der Waals surface area contributed by atoms with E-state index in [0.717, 1.165) is 22.2 Å². The molecule has 0 amide bonds. The topological polar surface area (TPSA) is 77.2 Å². The third kappa shape index (κ3) is 3.44. The zero-order chi connectivity index (χ0) is 19.7. The van der Waals surface area contributed by atoms with Gasteiger partial charge in [0.15, 0.2) is 5.82 Å². The summed E-state index contributed by atoms with van der Waals surface area (Å²) in [4.78, 5) is 20.1. The molecule has 28 heavy (non-hydrogen) atoms. The van der Waals surface area contributed by atoms with E-state index in [0.29, 0.717) is 11.5 Å². The molecule has 6 nitrogen and oxygen atoms in total. The Bertz CT molecular complexity index is 1150. The second-order valence-electron chi connectivity index (χ2n) is 6.72. The zero-order valence-corrected chi connectivity index (χ0v) is 15.5. The second-order valence-corrected chi connectivity index (χ2v) is 6.72. The standard InChI is InChI=1S/C22H19N3O3/c1-14(2)28-18-8-7-16-9-10-25(20(16)11-18)21-13-23-12-19(24-21)15-3-5-17(6-4-15)22(26)27/h3-14H,1-2H3,(H,26,27). The molecule has 6 heteroatoms. The van der Waals surface area contributed by atoms with Crippen molar-refractivity contribution in [2.45, 2.75) is 20.0 Å². The molecule has 0 unspecified atom stereocenters. The molecular weight excluding hydrogens is 354 g/mol. The maximum atomic E-state index is 11.0. The van der Waals surface area contributed by atoms with Gasteiger partial charge in [0.05, 0.1) is 35.3 Å². The maximum absolute atomic E-state index is 11.0. The number of rotatable bonds is 5. The van der Waals surface area contributed by atoms with Crippen LogP contribution in [0.15, 0.2) is 67.1 Å². The van der Waals surface area contributed by atoms with E-state index >= 15 is 0 Å². The largest absolute Gasteiger partial charge is 0.491 e. The Balaban J connectivity index is 1.74. The second kappa shape index (κ2) is 7.15. The van der Waals surface area contributed by atoms with Gasteiger partial charge >= 0.3 is 5.97 Å². The van der Waals surface area contributed by atoms with Crippen LogP contribution in [0.3, 0.4) is 0 Å². The predicted molar refractivity (Wildman–Crippen MR) is 107 cm³/mol. The van der Waals surface area contributed by atoms with E-state index in [2.05, 4.69) is 4.98 Å². The van der Waals surface area contributed by atoms with Crippen LogP contribution < -0.4 is 4.74 Å². The van der Waals surface area contributed by atoms with Gasteiger partial charge in [0.1, 0.15) is 5.75 Å². The lowest BCUT2D eigenvalue weighted by molar-refractivity contribution is 0.0697. The van der Waals surface area contributed by atoms with Crippen molar-refractivity contribution in [3.05, 3.63) is 72.7 Å². The number of ether oxygens (including phenoxy) is 1. The Morgan fingerprint density at radius 2 is 1.86 bits per heavy atom. The van der Waals surface area contributed by atoms with Crippen molar-refractivity contribution in [2.24, 2.45) is 0 Å². The van der Waals surface area contributed by atoms with Gasteiger partial charge < -0.3 is 9.84 Å². The number of carboxylic acid groups (broad SMARTS) is 1. The summed E-state index contributed by atoms with van der Waals surface area (Å²) >= 11 is 0. The predicted octanol–water partition coefficient (Wildman–Crippen LogP) is 4.57. The molecule has 0 saturated carbocycles. The molecular formula is C22H19N3O3. The maximum Gasteiger partial charge on any atom is 0.335 e. The lowest BCUT2D eigenvalue weighted by atomic mass is 10.1. The molecule has 4 rings (SSSR count). The molecule has 2 heterocycles. The van der Waals surface area contributed by atoms with Crippen molar-refractivity contribution >= 4 is 16.9 Å². The third-order valence-corrected chi connectivity index (χ3v) is 4.33. The molecule has 0 radical (unpaired) electrons. The van der Waals surface area contributed by atoms with Crippen LogP contribution in [0.25, 0.3) is 28.0 Å². The highest BCUT2D eigenvalue weighted by Crippen LogP contribution is 2.26. The minimum absolute atomic E-state index is 0.0951. The van der Waals surface area contributed by atoms with E-state index in [1.807, 2.05) is 48.9 Å². The highest BCUT2D eigenvalue weighted by atomic mass is 16.5.